The van der Waals surface area contributed by atoms with Crippen molar-refractivity contribution in [1.29, 1.82) is 0 Å². The average molecular weight is 578 g/mol. The number of halogens is 7. The zero-order valence-electron chi connectivity index (χ0n) is 15.8. The number of carbonyl (C=O) groups is 1. The second-order valence-electron chi connectivity index (χ2n) is 6.65. The van der Waals surface area contributed by atoms with Gasteiger partial charge in [0.15, 0.2) is 0 Å². The molecule has 0 unspecified atom stereocenters. The molecule has 0 saturated heterocycles. The van der Waals surface area contributed by atoms with Crippen LogP contribution in [0.5, 0.6) is 5.75 Å². The molecule has 0 bridgehead atoms. The van der Waals surface area contributed by atoms with Gasteiger partial charge in [0.1, 0.15) is 23.1 Å². The van der Waals surface area contributed by atoms with Gasteiger partial charge in [-0.05, 0) is 45.8 Å². The van der Waals surface area contributed by atoms with Crippen molar-refractivity contribution < 1.29 is 50.2 Å². The number of amides is 1. The van der Waals surface area contributed by atoms with Gasteiger partial charge in [0.25, 0.3) is 0 Å². The second-order valence-corrected chi connectivity index (χ2v) is 10.1. The Balaban J connectivity index is 2.10. The Kier molecular flexibility index (Phi) is 6.63. The molecule has 0 radical (unpaired) electrons. The smallest absolute Gasteiger partial charge is 0.419 e. The van der Waals surface area contributed by atoms with Crippen molar-refractivity contribution in [3.63, 3.8) is 0 Å². The SMILES string of the molecule is NC(=O)c1cc(OCc2ccc(F)c(C(F)(F)F)c2)c2sc(C(F)(F)P(=O)(O)O)c(Br)c2c1. The first-order valence-corrected chi connectivity index (χ1v) is 11.7. The normalized spacial score (nSPS) is 12.9. The third-order valence-corrected chi connectivity index (χ3v) is 7.83. The molecule has 0 saturated carbocycles. The molecule has 1 aromatic heterocycles. The van der Waals surface area contributed by atoms with Crippen molar-refractivity contribution in [1.82, 2.24) is 0 Å². The topological polar surface area (TPSA) is 110 Å². The van der Waals surface area contributed by atoms with Crippen molar-refractivity contribution >= 4 is 50.9 Å². The van der Waals surface area contributed by atoms with Gasteiger partial charge in [-0.15, -0.1) is 11.3 Å². The monoisotopic (exact) mass is 577 g/mol. The number of benzene rings is 2. The first-order valence-electron chi connectivity index (χ1n) is 8.52. The van der Waals surface area contributed by atoms with E-state index >= 15 is 0 Å². The highest BCUT2D eigenvalue weighted by molar-refractivity contribution is 9.10. The van der Waals surface area contributed by atoms with Crippen LogP contribution in [0.1, 0.15) is 26.4 Å². The van der Waals surface area contributed by atoms with E-state index in [2.05, 4.69) is 15.9 Å². The lowest BCUT2D eigenvalue weighted by Crippen LogP contribution is -2.12. The number of primary amides is 1. The molecule has 6 nitrogen and oxygen atoms in total. The van der Waals surface area contributed by atoms with Crippen molar-refractivity contribution in [2.75, 3.05) is 0 Å². The summed E-state index contributed by atoms with van der Waals surface area (Å²) in [6.07, 6.45) is -4.97. The largest absolute Gasteiger partial charge is 0.487 e. The van der Waals surface area contributed by atoms with Crippen LogP contribution in [0.2, 0.25) is 0 Å². The van der Waals surface area contributed by atoms with Crippen molar-refractivity contribution in [3.8, 4) is 5.75 Å². The third kappa shape index (κ3) is 4.90. The molecule has 2 aromatic carbocycles. The molecule has 0 atom stereocenters. The maximum atomic E-state index is 14.3. The fourth-order valence-electron chi connectivity index (χ4n) is 2.76. The second kappa shape index (κ2) is 8.58. The molecular formula is C18H11BrF6NO5PS. The minimum atomic E-state index is -5.94. The van der Waals surface area contributed by atoms with Crippen LogP contribution in [0, 0.1) is 5.82 Å². The Bertz CT molecular complexity index is 1310. The number of rotatable bonds is 6. The van der Waals surface area contributed by atoms with E-state index in [0.29, 0.717) is 12.1 Å². The summed E-state index contributed by atoms with van der Waals surface area (Å²) >= 11 is 3.09. The fourth-order valence-corrected chi connectivity index (χ4v) is 5.73. The van der Waals surface area contributed by atoms with Crippen LogP contribution in [-0.2, 0) is 23.0 Å². The Morgan fingerprint density at radius 1 is 1.15 bits per heavy atom. The summed E-state index contributed by atoms with van der Waals surface area (Å²) in [6.45, 7) is -0.583. The van der Waals surface area contributed by atoms with Gasteiger partial charge < -0.3 is 20.3 Å². The van der Waals surface area contributed by atoms with Crippen molar-refractivity contribution in [2.24, 2.45) is 5.73 Å². The predicted octanol–water partition coefficient (Wildman–Crippen LogP) is 5.73. The van der Waals surface area contributed by atoms with Crippen molar-refractivity contribution in [3.05, 3.63) is 62.2 Å². The minimum Gasteiger partial charge on any atom is -0.487 e. The van der Waals surface area contributed by atoms with E-state index in [1.54, 1.807) is 0 Å². The van der Waals surface area contributed by atoms with Gasteiger partial charge in [-0.3, -0.25) is 9.36 Å². The summed E-state index contributed by atoms with van der Waals surface area (Å²) in [4.78, 5) is 28.7. The quantitative estimate of drug-likeness (QED) is 0.256. The van der Waals surface area contributed by atoms with E-state index in [1.807, 2.05) is 0 Å². The summed E-state index contributed by atoms with van der Waals surface area (Å²) in [5.74, 6) is -2.77. The molecule has 1 heterocycles. The molecule has 1 amide bonds. The minimum absolute atomic E-state index is 0.0897. The third-order valence-electron chi connectivity index (χ3n) is 4.35. The van der Waals surface area contributed by atoms with Crippen LogP contribution in [0.4, 0.5) is 26.3 Å². The highest BCUT2D eigenvalue weighted by atomic mass is 79.9. The number of ether oxygens (including phenoxy) is 1. The van der Waals surface area contributed by atoms with Gasteiger partial charge >= 0.3 is 19.4 Å². The standard InChI is InChI=1S/C18H11BrF6NO5PS/c19-13-9-4-8(16(26)27)5-12(14(9)33-15(13)18(24,25)32(28,29)30)31-6-7-1-2-11(20)10(3-7)17(21,22)23/h1-5H,6H2,(H2,26,27)(H2,28,29,30). The van der Waals surface area contributed by atoms with Crippen LogP contribution in [0.25, 0.3) is 10.1 Å². The summed E-state index contributed by atoms with van der Waals surface area (Å²) in [7, 11) is -5.94. The molecule has 0 fully saturated rings. The van der Waals surface area contributed by atoms with Crippen molar-refractivity contribution in [2.45, 2.75) is 18.4 Å². The predicted molar refractivity (Wildman–Crippen MR) is 110 cm³/mol. The molecule has 33 heavy (non-hydrogen) atoms. The molecule has 0 spiro atoms. The van der Waals surface area contributed by atoms with E-state index < -0.39 is 52.7 Å². The van der Waals surface area contributed by atoms with Gasteiger partial charge in [0.2, 0.25) is 5.91 Å². The Morgan fingerprint density at radius 3 is 2.33 bits per heavy atom. The lowest BCUT2D eigenvalue weighted by molar-refractivity contribution is -0.140. The maximum absolute atomic E-state index is 14.3. The van der Waals surface area contributed by atoms with Crippen LogP contribution in [0.3, 0.4) is 0 Å². The number of hydrogen-bond donors (Lipinski definition) is 3. The summed E-state index contributed by atoms with van der Waals surface area (Å²) < 4.78 is 97.1. The molecule has 4 N–H and O–H groups in total. The van der Waals surface area contributed by atoms with Gasteiger partial charge in [-0.25, -0.2) is 4.39 Å². The van der Waals surface area contributed by atoms with Crippen LogP contribution < -0.4 is 10.5 Å². The van der Waals surface area contributed by atoms with Crippen LogP contribution >= 0.6 is 34.9 Å². The zero-order valence-corrected chi connectivity index (χ0v) is 19.1. The zero-order chi connectivity index (χ0) is 24.9. The van der Waals surface area contributed by atoms with E-state index in [-0.39, 0.29) is 38.3 Å². The van der Waals surface area contributed by atoms with Gasteiger partial charge in [-0.2, -0.15) is 22.0 Å². The van der Waals surface area contributed by atoms with Gasteiger partial charge in [-0.1, -0.05) is 6.07 Å². The summed E-state index contributed by atoms with van der Waals surface area (Å²) in [6, 6.07) is 4.22. The van der Waals surface area contributed by atoms with Gasteiger partial charge in [0.05, 0.1) is 10.3 Å². The first kappa shape index (κ1) is 25.5. The fraction of sp³-hybridized carbons (Fsp3) is 0.167. The Morgan fingerprint density at radius 2 is 1.79 bits per heavy atom. The van der Waals surface area contributed by atoms with E-state index in [1.165, 1.54) is 0 Å². The Labute approximate surface area is 193 Å². The highest BCUT2D eigenvalue weighted by Gasteiger charge is 2.53. The number of alkyl halides is 5. The number of hydrogen-bond acceptors (Lipinski definition) is 4. The number of thiophene rings is 1. The lowest BCUT2D eigenvalue weighted by Gasteiger charge is -2.16. The average Bonchev–Trinajstić information content (AvgIpc) is 3.02. The molecule has 0 aliphatic heterocycles. The van der Waals surface area contributed by atoms with E-state index in [9.17, 15) is 35.7 Å². The molecule has 3 aromatic rings. The number of carbonyl (C=O) groups excluding carboxylic acids is 1. The Hall–Kier alpha value is -2.12. The molecule has 178 valence electrons. The lowest BCUT2D eigenvalue weighted by atomic mass is 10.1. The molecule has 0 aliphatic rings. The number of fused-ring (bicyclic) bond motifs is 1. The molecular weight excluding hydrogens is 567 g/mol. The molecule has 0 aliphatic carbocycles. The summed E-state index contributed by atoms with van der Waals surface area (Å²) in [5, 5.41) is -0.0930. The maximum Gasteiger partial charge on any atom is 0.419 e. The van der Waals surface area contributed by atoms with Crippen LogP contribution in [-0.4, -0.2) is 15.7 Å². The van der Waals surface area contributed by atoms with Crippen LogP contribution in [0.15, 0.2) is 34.8 Å². The van der Waals surface area contributed by atoms with Gasteiger partial charge in [0, 0.05) is 15.4 Å². The molecule has 3 rings (SSSR count). The highest BCUT2D eigenvalue weighted by Crippen LogP contribution is 2.63. The summed E-state index contributed by atoms with van der Waals surface area (Å²) in [5.41, 5.74) is -1.25. The van der Waals surface area contributed by atoms with E-state index in [4.69, 9.17) is 20.3 Å². The van der Waals surface area contributed by atoms with E-state index in [0.717, 1.165) is 18.2 Å². The number of nitrogens with two attached hydrogens (primary N) is 1. The first-order chi connectivity index (χ1) is 15.0. The molecule has 15 heteroatoms.